The minimum absolute atomic E-state index is 0.156. The first kappa shape index (κ1) is 24.2. The molecule has 2 unspecified atom stereocenters. The van der Waals surface area contributed by atoms with Crippen molar-refractivity contribution in [3.8, 4) is 0 Å². The molecule has 0 fully saturated rings. The molecule has 0 spiro atoms. The van der Waals surface area contributed by atoms with Crippen LogP contribution in [0.25, 0.3) is 0 Å². The number of benzene rings is 2. The molecule has 0 aromatic heterocycles. The molecule has 32 heavy (non-hydrogen) atoms. The molecule has 0 saturated carbocycles. The third-order valence-corrected chi connectivity index (χ3v) is 5.01. The lowest BCUT2D eigenvalue weighted by Gasteiger charge is -2.27. The molecule has 0 amide bonds. The molecule has 0 radical (unpaired) electrons. The fraction of sp³-hybridized carbons (Fsp3) is 0.458. The quantitative estimate of drug-likeness (QED) is 0.559. The fourth-order valence-corrected chi connectivity index (χ4v) is 3.51. The lowest BCUT2D eigenvalue weighted by molar-refractivity contribution is -0.00756. The molecule has 5 nitrogen and oxygen atoms in total. The van der Waals surface area contributed by atoms with Crippen molar-refractivity contribution in [2.45, 2.75) is 39.0 Å². The summed E-state index contributed by atoms with van der Waals surface area (Å²) >= 11 is 0. The first-order valence-electron chi connectivity index (χ1n) is 10.7. The van der Waals surface area contributed by atoms with Gasteiger partial charge in [0.1, 0.15) is 23.6 Å². The normalized spacial score (nSPS) is 17.0. The molecule has 2 aromatic rings. The van der Waals surface area contributed by atoms with Gasteiger partial charge in [0.05, 0.1) is 18.4 Å². The number of aliphatic hydroxyl groups is 1. The molecule has 0 saturated heterocycles. The second-order valence-electron chi connectivity index (χ2n) is 8.49. The van der Waals surface area contributed by atoms with Gasteiger partial charge >= 0.3 is 0 Å². The Morgan fingerprint density at radius 1 is 1.09 bits per heavy atom. The highest BCUT2D eigenvalue weighted by Crippen LogP contribution is 2.20. The van der Waals surface area contributed by atoms with Gasteiger partial charge in [0, 0.05) is 44.3 Å². The summed E-state index contributed by atoms with van der Waals surface area (Å²) in [5.41, 5.74) is 1.79. The second-order valence-corrected chi connectivity index (χ2v) is 8.49. The Hall–Kier alpha value is -2.42. The molecule has 2 atom stereocenters. The van der Waals surface area contributed by atoms with Crippen molar-refractivity contribution >= 4 is 5.71 Å². The Balaban J connectivity index is 1.63. The van der Waals surface area contributed by atoms with Crippen molar-refractivity contribution in [3.05, 3.63) is 71.0 Å². The number of oxime groups is 1. The van der Waals surface area contributed by atoms with E-state index >= 15 is 0 Å². The van der Waals surface area contributed by atoms with Gasteiger partial charge in [-0.3, -0.25) is 4.90 Å². The van der Waals surface area contributed by atoms with E-state index in [9.17, 15) is 18.3 Å². The van der Waals surface area contributed by atoms with Gasteiger partial charge in [0.25, 0.3) is 0 Å². The molecular formula is C24H29F3N2O3. The van der Waals surface area contributed by atoms with Gasteiger partial charge in [-0.05, 0) is 29.7 Å². The molecule has 2 aromatic carbocycles. The van der Waals surface area contributed by atoms with E-state index in [1.54, 1.807) is 12.1 Å². The zero-order valence-corrected chi connectivity index (χ0v) is 18.3. The molecule has 1 aliphatic heterocycles. The second kappa shape index (κ2) is 11.4. The monoisotopic (exact) mass is 450 g/mol. The van der Waals surface area contributed by atoms with Gasteiger partial charge in [-0.1, -0.05) is 37.2 Å². The van der Waals surface area contributed by atoms with Crippen LogP contribution in [0.3, 0.4) is 0 Å². The molecule has 1 aliphatic rings. The molecular weight excluding hydrogens is 421 g/mol. The van der Waals surface area contributed by atoms with Crippen LogP contribution >= 0.6 is 0 Å². The largest absolute Gasteiger partial charge is 0.390 e. The van der Waals surface area contributed by atoms with E-state index in [1.807, 2.05) is 18.7 Å². The molecule has 1 N–H and O–H groups in total. The number of aliphatic hydroxyl groups excluding tert-OH is 1. The van der Waals surface area contributed by atoms with Crippen molar-refractivity contribution in [1.29, 1.82) is 0 Å². The van der Waals surface area contributed by atoms with E-state index in [-0.39, 0.29) is 31.6 Å². The van der Waals surface area contributed by atoms with Crippen molar-refractivity contribution in [1.82, 2.24) is 4.90 Å². The summed E-state index contributed by atoms with van der Waals surface area (Å²) in [6.45, 7) is 5.48. The number of halogens is 3. The van der Waals surface area contributed by atoms with Crippen LogP contribution in [-0.4, -0.2) is 54.2 Å². The van der Waals surface area contributed by atoms with Crippen LogP contribution < -0.4 is 0 Å². The summed E-state index contributed by atoms with van der Waals surface area (Å²) < 4.78 is 46.2. The Labute approximate surface area is 186 Å². The van der Waals surface area contributed by atoms with E-state index in [2.05, 4.69) is 5.16 Å². The highest BCUT2D eigenvalue weighted by atomic mass is 19.1. The van der Waals surface area contributed by atoms with Crippen molar-refractivity contribution in [3.63, 3.8) is 0 Å². The molecule has 174 valence electrons. The van der Waals surface area contributed by atoms with E-state index in [0.29, 0.717) is 36.8 Å². The van der Waals surface area contributed by atoms with Gasteiger partial charge in [-0.25, -0.2) is 13.2 Å². The van der Waals surface area contributed by atoms with E-state index < -0.39 is 17.7 Å². The van der Waals surface area contributed by atoms with Gasteiger partial charge in [0.2, 0.25) is 0 Å². The highest BCUT2D eigenvalue weighted by molar-refractivity contribution is 6.01. The SMILES string of the molecule is CC(C)COCC(O)CN(Cc1ccc(F)cc1F)CC1CC(c2ccc(F)cc2)=NO1. The molecule has 3 rings (SSSR count). The zero-order chi connectivity index (χ0) is 23.1. The Bertz CT molecular complexity index is 906. The van der Waals surface area contributed by atoms with Gasteiger partial charge in [0.15, 0.2) is 0 Å². The van der Waals surface area contributed by atoms with Crippen LogP contribution in [0.5, 0.6) is 0 Å². The third-order valence-electron chi connectivity index (χ3n) is 5.01. The highest BCUT2D eigenvalue weighted by Gasteiger charge is 2.26. The zero-order valence-electron chi connectivity index (χ0n) is 18.3. The number of rotatable bonds is 11. The van der Waals surface area contributed by atoms with Crippen LogP contribution in [0.2, 0.25) is 0 Å². The molecule has 0 bridgehead atoms. The van der Waals surface area contributed by atoms with Crippen molar-refractivity contribution in [2.24, 2.45) is 11.1 Å². The number of hydrogen-bond acceptors (Lipinski definition) is 5. The first-order valence-corrected chi connectivity index (χ1v) is 10.7. The fourth-order valence-electron chi connectivity index (χ4n) is 3.51. The number of hydrogen-bond donors (Lipinski definition) is 1. The van der Waals surface area contributed by atoms with E-state index in [0.717, 1.165) is 11.6 Å². The third kappa shape index (κ3) is 7.32. The standard InChI is InChI=1S/C24H29F3N2O3/c1-16(2)14-31-15-21(30)12-29(11-18-5-8-20(26)9-23(18)27)13-22-10-24(28-32-22)17-3-6-19(25)7-4-17/h3-9,16,21-22,30H,10-15H2,1-2H3. The Morgan fingerprint density at radius 2 is 1.81 bits per heavy atom. The van der Waals surface area contributed by atoms with Gasteiger partial charge in [-0.2, -0.15) is 0 Å². The van der Waals surface area contributed by atoms with Crippen LogP contribution in [-0.2, 0) is 16.1 Å². The minimum atomic E-state index is -0.781. The summed E-state index contributed by atoms with van der Waals surface area (Å²) in [4.78, 5) is 7.39. The van der Waals surface area contributed by atoms with E-state index in [1.165, 1.54) is 24.3 Å². The van der Waals surface area contributed by atoms with Crippen LogP contribution in [0.15, 0.2) is 47.6 Å². The maximum Gasteiger partial charge on any atom is 0.145 e. The summed E-state index contributed by atoms with van der Waals surface area (Å²) in [7, 11) is 0. The van der Waals surface area contributed by atoms with Gasteiger partial charge < -0.3 is 14.7 Å². The smallest absolute Gasteiger partial charge is 0.145 e. The molecule has 1 heterocycles. The molecule has 0 aliphatic carbocycles. The predicted molar refractivity (Wildman–Crippen MR) is 116 cm³/mol. The summed E-state index contributed by atoms with van der Waals surface area (Å²) in [5, 5.41) is 14.5. The maximum absolute atomic E-state index is 14.2. The number of ether oxygens (including phenoxy) is 1. The summed E-state index contributed by atoms with van der Waals surface area (Å²) in [6, 6.07) is 9.46. The predicted octanol–water partition coefficient (Wildman–Crippen LogP) is 4.13. The average molecular weight is 451 g/mol. The summed E-state index contributed by atoms with van der Waals surface area (Å²) in [5.74, 6) is -1.26. The van der Waals surface area contributed by atoms with Crippen LogP contribution in [0.1, 0.15) is 31.4 Å². The minimum Gasteiger partial charge on any atom is -0.390 e. The lowest BCUT2D eigenvalue weighted by Crippen LogP contribution is -2.39. The lowest BCUT2D eigenvalue weighted by atomic mass is 10.0. The first-order chi connectivity index (χ1) is 15.3. The van der Waals surface area contributed by atoms with Crippen molar-refractivity contribution in [2.75, 3.05) is 26.3 Å². The Morgan fingerprint density at radius 3 is 2.50 bits per heavy atom. The average Bonchev–Trinajstić information content (AvgIpc) is 3.18. The van der Waals surface area contributed by atoms with Gasteiger partial charge in [-0.15, -0.1) is 0 Å². The van der Waals surface area contributed by atoms with Crippen molar-refractivity contribution < 1.29 is 27.9 Å². The van der Waals surface area contributed by atoms with Crippen LogP contribution in [0.4, 0.5) is 13.2 Å². The van der Waals surface area contributed by atoms with Crippen LogP contribution in [0, 0.1) is 23.4 Å². The Kier molecular flexibility index (Phi) is 8.67. The maximum atomic E-state index is 14.2. The number of nitrogens with zero attached hydrogens (tertiary/aromatic N) is 2. The van der Waals surface area contributed by atoms with E-state index in [4.69, 9.17) is 9.57 Å². The topological polar surface area (TPSA) is 54.3 Å². The molecule has 8 heteroatoms. The summed E-state index contributed by atoms with van der Waals surface area (Å²) in [6.07, 6.45) is -0.605.